The topological polar surface area (TPSA) is 62.3 Å². The third-order valence-corrected chi connectivity index (χ3v) is 2.18. The first-order valence-electron chi connectivity index (χ1n) is 3.97. The van der Waals surface area contributed by atoms with E-state index in [1.54, 1.807) is 32.4 Å². The molecule has 1 rings (SSSR count). The first-order chi connectivity index (χ1) is 6.56. The molecular weight excluding hydrogens is 202 g/mol. The van der Waals surface area contributed by atoms with Crippen LogP contribution in [0.3, 0.4) is 0 Å². The third-order valence-electron chi connectivity index (χ3n) is 1.88. The molecule has 76 valence electrons. The van der Waals surface area contributed by atoms with Crippen molar-refractivity contribution in [1.82, 2.24) is 0 Å². The molecule has 0 atom stereocenters. The number of nitrogens with one attached hydrogen (secondary N) is 1. The van der Waals surface area contributed by atoms with Crippen LogP contribution in [0.2, 0.25) is 5.02 Å². The highest BCUT2D eigenvalue weighted by atomic mass is 35.5. The highest BCUT2D eigenvalue weighted by Gasteiger charge is 2.06. The summed E-state index contributed by atoms with van der Waals surface area (Å²) in [5.41, 5.74) is 6.08. The molecule has 0 heterocycles. The molecule has 0 saturated heterocycles. The quantitative estimate of drug-likeness (QED) is 0.581. The number of anilines is 1. The lowest BCUT2D eigenvalue weighted by Gasteiger charge is -2.17. The van der Waals surface area contributed by atoms with Crippen molar-refractivity contribution in [3.63, 3.8) is 0 Å². The normalized spacial score (nSPS) is 9.64. The highest BCUT2D eigenvalue weighted by molar-refractivity contribution is 6.32. The molecule has 1 aromatic rings. The predicted octanol–water partition coefficient (Wildman–Crippen LogP) is 1.68. The number of hydrogen-bond acceptors (Lipinski definition) is 2. The number of ether oxygens (including phenoxy) is 1. The van der Waals surface area contributed by atoms with E-state index in [0.717, 1.165) is 5.69 Å². The van der Waals surface area contributed by atoms with Crippen LogP contribution >= 0.6 is 11.6 Å². The van der Waals surface area contributed by atoms with Crippen molar-refractivity contribution < 1.29 is 4.74 Å². The van der Waals surface area contributed by atoms with Gasteiger partial charge in [0, 0.05) is 12.7 Å². The van der Waals surface area contributed by atoms with E-state index in [4.69, 9.17) is 27.5 Å². The van der Waals surface area contributed by atoms with Crippen molar-refractivity contribution in [2.24, 2.45) is 5.73 Å². The zero-order chi connectivity index (χ0) is 10.7. The van der Waals surface area contributed by atoms with E-state index in [2.05, 4.69) is 0 Å². The standard InChI is InChI=1S/C9H12ClN3O/c1-13(9(11)12)6-3-4-8(14-2)7(10)5-6/h3-5H,1-2H3,(H3,11,12). The Morgan fingerprint density at radius 2 is 2.21 bits per heavy atom. The predicted molar refractivity (Wildman–Crippen MR) is 58.3 cm³/mol. The average molecular weight is 214 g/mol. The lowest BCUT2D eigenvalue weighted by atomic mass is 10.3. The Morgan fingerprint density at radius 3 is 2.64 bits per heavy atom. The minimum Gasteiger partial charge on any atom is -0.495 e. The first-order valence-corrected chi connectivity index (χ1v) is 4.35. The molecule has 0 unspecified atom stereocenters. The van der Waals surface area contributed by atoms with Gasteiger partial charge in [0.2, 0.25) is 0 Å². The zero-order valence-corrected chi connectivity index (χ0v) is 8.80. The van der Waals surface area contributed by atoms with E-state index in [1.807, 2.05) is 0 Å². The van der Waals surface area contributed by atoms with Crippen LogP contribution in [0.4, 0.5) is 5.69 Å². The van der Waals surface area contributed by atoms with Crippen molar-refractivity contribution >= 4 is 23.2 Å². The Morgan fingerprint density at radius 1 is 1.57 bits per heavy atom. The van der Waals surface area contributed by atoms with E-state index < -0.39 is 0 Å². The van der Waals surface area contributed by atoms with Crippen LogP contribution in [0.5, 0.6) is 5.75 Å². The van der Waals surface area contributed by atoms with Gasteiger partial charge in [-0.2, -0.15) is 0 Å². The summed E-state index contributed by atoms with van der Waals surface area (Å²) in [4.78, 5) is 1.52. The van der Waals surface area contributed by atoms with E-state index in [0.29, 0.717) is 10.8 Å². The Hall–Kier alpha value is -1.42. The summed E-state index contributed by atoms with van der Waals surface area (Å²) >= 11 is 5.92. The van der Waals surface area contributed by atoms with Crippen molar-refractivity contribution in [3.8, 4) is 5.75 Å². The molecule has 0 aliphatic carbocycles. The molecular formula is C9H12ClN3O. The lowest BCUT2D eigenvalue weighted by Crippen LogP contribution is -2.32. The second-order valence-electron chi connectivity index (χ2n) is 2.76. The number of benzene rings is 1. The van der Waals surface area contributed by atoms with Gasteiger partial charge in [0.15, 0.2) is 5.96 Å². The van der Waals surface area contributed by atoms with Gasteiger partial charge >= 0.3 is 0 Å². The number of nitrogens with zero attached hydrogens (tertiary/aromatic N) is 1. The number of nitrogens with two attached hydrogens (primary N) is 1. The minimum absolute atomic E-state index is 0.0359. The highest BCUT2D eigenvalue weighted by Crippen LogP contribution is 2.28. The van der Waals surface area contributed by atoms with Crippen molar-refractivity contribution in [2.75, 3.05) is 19.1 Å². The Balaban J connectivity index is 3.02. The van der Waals surface area contributed by atoms with Gasteiger partial charge in [0.05, 0.1) is 12.1 Å². The SMILES string of the molecule is COc1ccc(N(C)C(=N)N)cc1Cl. The molecule has 0 bridgehead atoms. The molecule has 4 nitrogen and oxygen atoms in total. The Labute approximate surface area is 87.7 Å². The summed E-state index contributed by atoms with van der Waals surface area (Å²) in [6.07, 6.45) is 0. The van der Waals surface area contributed by atoms with Gasteiger partial charge in [-0.05, 0) is 18.2 Å². The summed E-state index contributed by atoms with van der Waals surface area (Å²) in [5, 5.41) is 7.73. The van der Waals surface area contributed by atoms with Gasteiger partial charge < -0.3 is 15.4 Å². The Kier molecular flexibility index (Phi) is 3.19. The summed E-state index contributed by atoms with van der Waals surface area (Å²) in [6.45, 7) is 0. The maximum Gasteiger partial charge on any atom is 0.192 e. The molecule has 0 radical (unpaired) electrons. The molecule has 5 heteroatoms. The van der Waals surface area contributed by atoms with E-state index in [1.165, 1.54) is 4.90 Å². The number of rotatable bonds is 2. The van der Waals surface area contributed by atoms with Crippen molar-refractivity contribution in [1.29, 1.82) is 5.41 Å². The molecule has 14 heavy (non-hydrogen) atoms. The van der Waals surface area contributed by atoms with Crippen molar-refractivity contribution in [2.45, 2.75) is 0 Å². The largest absolute Gasteiger partial charge is 0.495 e. The van der Waals surface area contributed by atoms with Gasteiger partial charge in [-0.3, -0.25) is 5.41 Å². The van der Waals surface area contributed by atoms with Gasteiger partial charge in [-0.15, -0.1) is 0 Å². The molecule has 3 N–H and O–H groups in total. The maximum atomic E-state index is 7.24. The molecule has 0 aliphatic rings. The molecule has 0 spiro atoms. The summed E-state index contributed by atoms with van der Waals surface area (Å²) in [7, 11) is 3.25. The molecule has 0 aromatic heterocycles. The first kappa shape index (κ1) is 10.7. The fraction of sp³-hybridized carbons (Fsp3) is 0.222. The fourth-order valence-corrected chi connectivity index (χ4v) is 1.25. The fourth-order valence-electron chi connectivity index (χ4n) is 1.00. The monoisotopic (exact) mass is 213 g/mol. The van der Waals surface area contributed by atoms with Crippen LogP contribution in [0.1, 0.15) is 0 Å². The van der Waals surface area contributed by atoms with Crippen LogP contribution in [0, 0.1) is 5.41 Å². The van der Waals surface area contributed by atoms with Gasteiger partial charge in [0.25, 0.3) is 0 Å². The average Bonchev–Trinajstić information content (AvgIpc) is 2.16. The van der Waals surface area contributed by atoms with Crippen LogP contribution in [0.15, 0.2) is 18.2 Å². The summed E-state index contributed by atoms with van der Waals surface area (Å²) in [6, 6.07) is 5.21. The van der Waals surface area contributed by atoms with Gasteiger partial charge in [-0.1, -0.05) is 11.6 Å². The number of hydrogen-bond donors (Lipinski definition) is 2. The van der Waals surface area contributed by atoms with Gasteiger partial charge in [-0.25, -0.2) is 0 Å². The number of guanidine groups is 1. The molecule has 1 aromatic carbocycles. The van der Waals surface area contributed by atoms with E-state index in [9.17, 15) is 0 Å². The minimum atomic E-state index is -0.0359. The van der Waals surface area contributed by atoms with Crippen LogP contribution in [-0.4, -0.2) is 20.1 Å². The van der Waals surface area contributed by atoms with Gasteiger partial charge in [0.1, 0.15) is 5.75 Å². The summed E-state index contributed by atoms with van der Waals surface area (Å²) in [5.74, 6) is 0.568. The second kappa shape index (κ2) is 4.19. The van der Waals surface area contributed by atoms with Crippen LogP contribution < -0.4 is 15.4 Å². The zero-order valence-electron chi connectivity index (χ0n) is 8.04. The number of halogens is 1. The number of methoxy groups -OCH3 is 1. The van der Waals surface area contributed by atoms with E-state index >= 15 is 0 Å². The molecule has 0 aliphatic heterocycles. The van der Waals surface area contributed by atoms with Crippen molar-refractivity contribution in [3.05, 3.63) is 23.2 Å². The lowest BCUT2D eigenvalue weighted by molar-refractivity contribution is 0.415. The maximum absolute atomic E-state index is 7.24. The van der Waals surface area contributed by atoms with Crippen LogP contribution in [0.25, 0.3) is 0 Å². The molecule has 0 saturated carbocycles. The third kappa shape index (κ3) is 2.09. The smallest absolute Gasteiger partial charge is 0.192 e. The van der Waals surface area contributed by atoms with E-state index in [-0.39, 0.29) is 5.96 Å². The second-order valence-corrected chi connectivity index (χ2v) is 3.17. The van der Waals surface area contributed by atoms with Crippen LogP contribution in [-0.2, 0) is 0 Å². The Bertz CT molecular complexity index is 354. The molecule has 0 amide bonds. The molecule has 0 fully saturated rings. The summed E-state index contributed by atoms with van der Waals surface area (Å²) < 4.78 is 5.00.